The standard InChI is InChI=1S/C28H26Cl2N2O3S/c1-20(17-22-11-7-10-21-9-5-6-14-24(21)22)18-31-27(33)19-32(26-16-8-15-25(29)28(26)30)36(34,35)23-12-3-2-4-13-23/h2-16,20H,17-19H2,1H3,(H,31,33). The summed E-state index contributed by atoms with van der Waals surface area (Å²) in [7, 11) is -4.07. The van der Waals surface area contributed by atoms with Crippen molar-refractivity contribution in [3.63, 3.8) is 0 Å². The molecule has 0 radical (unpaired) electrons. The van der Waals surface area contributed by atoms with E-state index in [1.165, 1.54) is 34.5 Å². The van der Waals surface area contributed by atoms with Crippen LogP contribution in [0.15, 0.2) is 95.9 Å². The molecule has 0 saturated carbocycles. The SMILES string of the molecule is CC(CNC(=O)CN(c1cccc(Cl)c1Cl)S(=O)(=O)c1ccccc1)Cc1cccc2ccccc12. The second kappa shape index (κ2) is 11.3. The van der Waals surface area contributed by atoms with E-state index in [2.05, 4.69) is 29.6 Å². The van der Waals surface area contributed by atoms with Gasteiger partial charge in [-0.2, -0.15) is 0 Å². The van der Waals surface area contributed by atoms with Crippen molar-refractivity contribution in [3.05, 3.63) is 107 Å². The Kier molecular flexibility index (Phi) is 8.19. The topological polar surface area (TPSA) is 66.5 Å². The van der Waals surface area contributed by atoms with Gasteiger partial charge in [0.15, 0.2) is 0 Å². The third-order valence-corrected chi connectivity index (χ3v) is 8.50. The molecule has 1 unspecified atom stereocenters. The minimum Gasteiger partial charge on any atom is -0.354 e. The minimum absolute atomic E-state index is 0.0539. The van der Waals surface area contributed by atoms with Crippen molar-refractivity contribution in [1.82, 2.24) is 5.32 Å². The summed E-state index contributed by atoms with van der Waals surface area (Å²) in [6.45, 7) is 2.01. The lowest BCUT2D eigenvalue weighted by Gasteiger charge is -2.25. The van der Waals surface area contributed by atoms with Gasteiger partial charge >= 0.3 is 0 Å². The quantitative estimate of drug-likeness (QED) is 0.269. The molecule has 0 aliphatic rings. The van der Waals surface area contributed by atoms with Gasteiger partial charge in [0.2, 0.25) is 5.91 Å². The Balaban J connectivity index is 1.50. The van der Waals surface area contributed by atoms with E-state index in [4.69, 9.17) is 23.2 Å². The van der Waals surface area contributed by atoms with Crippen LogP contribution in [-0.2, 0) is 21.2 Å². The lowest BCUT2D eigenvalue weighted by atomic mass is 9.96. The third-order valence-electron chi connectivity index (χ3n) is 5.91. The van der Waals surface area contributed by atoms with E-state index in [0.29, 0.717) is 6.54 Å². The van der Waals surface area contributed by atoms with Gasteiger partial charge in [0.25, 0.3) is 10.0 Å². The maximum Gasteiger partial charge on any atom is 0.264 e. The van der Waals surface area contributed by atoms with E-state index >= 15 is 0 Å². The molecule has 4 rings (SSSR count). The normalized spacial score (nSPS) is 12.3. The number of carbonyl (C=O) groups excluding carboxylic acids is 1. The third kappa shape index (κ3) is 5.84. The summed E-state index contributed by atoms with van der Waals surface area (Å²) in [5.74, 6) is -0.302. The molecule has 0 aliphatic carbocycles. The summed E-state index contributed by atoms with van der Waals surface area (Å²) >= 11 is 12.5. The summed E-state index contributed by atoms with van der Waals surface area (Å²) in [6.07, 6.45) is 0.772. The van der Waals surface area contributed by atoms with Crippen LogP contribution in [0.4, 0.5) is 5.69 Å². The number of sulfonamides is 1. The number of rotatable bonds is 9. The van der Waals surface area contributed by atoms with Crippen LogP contribution in [0.5, 0.6) is 0 Å². The molecule has 5 nitrogen and oxygen atoms in total. The number of halogens is 2. The van der Waals surface area contributed by atoms with Crippen LogP contribution < -0.4 is 9.62 Å². The van der Waals surface area contributed by atoms with Gasteiger partial charge in [0, 0.05) is 6.54 Å². The zero-order chi connectivity index (χ0) is 25.7. The second-order valence-corrected chi connectivity index (χ2v) is 11.3. The van der Waals surface area contributed by atoms with Crippen molar-refractivity contribution in [1.29, 1.82) is 0 Å². The Morgan fingerprint density at radius 2 is 1.56 bits per heavy atom. The Bertz CT molecular complexity index is 1470. The molecule has 36 heavy (non-hydrogen) atoms. The fourth-order valence-corrected chi connectivity index (χ4v) is 6.00. The van der Waals surface area contributed by atoms with Gasteiger partial charge < -0.3 is 5.32 Å². The molecule has 0 saturated heterocycles. The molecule has 1 N–H and O–H groups in total. The highest BCUT2D eigenvalue weighted by Gasteiger charge is 2.29. The number of carbonyl (C=O) groups is 1. The maximum atomic E-state index is 13.5. The number of amides is 1. The summed E-state index contributed by atoms with van der Waals surface area (Å²) in [5.41, 5.74) is 1.35. The summed E-state index contributed by atoms with van der Waals surface area (Å²) in [6, 6.07) is 27.0. The molecule has 0 heterocycles. The van der Waals surface area contributed by atoms with E-state index in [0.717, 1.165) is 10.7 Å². The number of fused-ring (bicyclic) bond motifs is 1. The number of nitrogens with one attached hydrogen (secondary N) is 1. The molecule has 0 spiro atoms. The van der Waals surface area contributed by atoms with Gasteiger partial charge in [-0.15, -0.1) is 0 Å². The van der Waals surface area contributed by atoms with Crippen molar-refractivity contribution in [2.45, 2.75) is 18.2 Å². The predicted octanol–water partition coefficient (Wildman–Crippen LogP) is 6.34. The molecule has 8 heteroatoms. The molecular weight excluding hydrogens is 515 g/mol. The number of nitrogens with zero attached hydrogens (tertiary/aromatic N) is 1. The molecule has 1 atom stereocenters. The molecule has 186 valence electrons. The second-order valence-electron chi connectivity index (χ2n) is 8.65. The molecular formula is C28H26Cl2N2O3S. The van der Waals surface area contributed by atoms with Gasteiger partial charge in [0.1, 0.15) is 6.54 Å². The van der Waals surface area contributed by atoms with Gasteiger partial charge in [-0.3, -0.25) is 9.10 Å². The van der Waals surface area contributed by atoms with Crippen molar-refractivity contribution in [3.8, 4) is 0 Å². The van der Waals surface area contributed by atoms with Crippen molar-refractivity contribution >= 4 is 55.6 Å². The first-order valence-corrected chi connectivity index (χ1v) is 13.7. The van der Waals surface area contributed by atoms with Gasteiger partial charge in [0.05, 0.1) is 20.6 Å². The van der Waals surface area contributed by atoms with Gasteiger partial charge in [-0.05, 0) is 52.9 Å². The molecule has 0 aromatic heterocycles. The number of hydrogen-bond donors (Lipinski definition) is 1. The lowest BCUT2D eigenvalue weighted by molar-refractivity contribution is -0.119. The molecule has 1 amide bonds. The average molecular weight is 542 g/mol. The van der Waals surface area contributed by atoms with Crippen LogP contribution in [0.1, 0.15) is 12.5 Å². The van der Waals surface area contributed by atoms with Crippen LogP contribution in [-0.4, -0.2) is 27.4 Å². The van der Waals surface area contributed by atoms with E-state index in [1.54, 1.807) is 30.3 Å². The average Bonchev–Trinajstić information content (AvgIpc) is 2.88. The van der Waals surface area contributed by atoms with Crippen molar-refractivity contribution in [2.75, 3.05) is 17.4 Å². The Morgan fingerprint density at radius 3 is 2.33 bits per heavy atom. The number of anilines is 1. The Morgan fingerprint density at radius 1 is 0.889 bits per heavy atom. The van der Waals surface area contributed by atoms with Gasteiger partial charge in [-0.25, -0.2) is 8.42 Å². The zero-order valence-electron chi connectivity index (χ0n) is 19.7. The van der Waals surface area contributed by atoms with Crippen LogP contribution >= 0.6 is 23.2 Å². The monoisotopic (exact) mass is 540 g/mol. The fourth-order valence-electron chi connectivity index (χ4n) is 4.10. The minimum atomic E-state index is -4.07. The maximum absolute atomic E-state index is 13.5. The van der Waals surface area contributed by atoms with Crippen LogP contribution in [0.2, 0.25) is 10.0 Å². The van der Waals surface area contributed by atoms with Gasteiger partial charge in [-0.1, -0.05) is 96.9 Å². The zero-order valence-corrected chi connectivity index (χ0v) is 22.0. The van der Waals surface area contributed by atoms with E-state index in [1.807, 2.05) is 25.1 Å². The predicted molar refractivity (Wildman–Crippen MR) is 147 cm³/mol. The number of hydrogen-bond acceptors (Lipinski definition) is 3. The first-order chi connectivity index (χ1) is 17.3. The number of benzene rings is 4. The van der Waals surface area contributed by atoms with E-state index in [-0.39, 0.29) is 26.5 Å². The molecule has 4 aromatic carbocycles. The summed E-state index contributed by atoms with van der Waals surface area (Å²) in [4.78, 5) is 13.0. The fraction of sp³-hybridized carbons (Fsp3) is 0.179. The summed E-state index contributed by atoms with van der Waals surface area (Å²) < 4.78 is 28.0. The molecule has 0 fully saturated rings. The van der Waals surface area contributed by atoms with E-state index in [9.17, 15) is 13.2 Å². The summed E-state index contributed by atoms with van der Waals surface area (Å²) in [5, 5.41) is 5.51. The van der Waals surface area contributed by atoms with Crippen LogP contribution in [0, 0.1) is 5.92 Å². The first-order valence-electron chi connectivity index (χ1n) is 11.5. The highest BCUT2D eigenvalue weighted by Crippen LogP contribution is 2.35. The molecule has 0 bridgehead atoms. The van der Waals surface area contributed by atoms with E-state index < -0.39 is 22.5 Å². The molecule has 4 aromatic rings. The van der Waals surface area contributed by atoms with Crippen molar-refractivity contribution in [2.24, 2.45) is 5.92 Å². The van der Waals surface area contributed by atoms with Crippen LogP contribution in [0.25, 0.3) is 10.8 Å². The highest BCUT2D eigenvalue weighted by atomic mass is 35.5. The lowest BCUT2D eigenvalue weighted by Crippen LogP contribution is -2.42. The van der Waals surface area contributed by atoms with Crippen LogP contribution in [0.3, 0.4) is 0 Å². The smallest absolute Gasteiger partial charge is 0.264 e. The molecule has 0 aliphatic heterocycles. The first kappa shape index (κ1) is 26.0. The Hall–Kier alpha value is -3.06. The van der Waals surface area contributed by atoms with Crippen molar-refractivity contribution < 1.29 is 13.2 Å². The largest absolute Gasteiger partial charge is 0.354 e. The highest BCUT2D eigenvalue weighted by molar-refractivity contribution is 7.92. The Labute approximate surface area is 221 Å².